The minimum atomic E-state index is -0.368. The molecule has 2 atom stereocenters. The van der Waals surface area contributed by atoms with E-state index in [1.165, 1.54) is 19.3 Å². The summed E-state index contributed by atoms with van der Waals surface area (Å²) in [4.78, 5) is 14.1. The number of hydrogen-bond donors (Lipinski definition) is 3. The first-order chi connectivity index (χ1) is 8.25. The van der Waals surface area contributed by atoms with Gasteiger partial charge in [0.15, 0.2) is 0 Å². The zero-order valence-corrected chi connectivity index (χ0v) is 10.3. The largest absolute Gasteiger partial charge is 0.392 e. The number of aliphatic hydroxyl groups excluding tert-OH is 1. The summed E-state index contributed by atoms with van der Waals surface area (Å²) in [7, 11) is 0. The summed E-state index contributed by atoms with van der Waals surface area (Å²) in [5, 5.41) is 15.3. The zero-order chi connectivity index (χ0) is 12.1. The lowest BCUT2D eigenvalue weighted by Crippen LogP contribution is -2.44. The van der Waals surface area contributed by atoms with Crippen LogP contribution >= 0.6 is 0 Å². The average Bonchev–Trinajstić information content (AvgIpc) is 2.77. The minimum absolute atomic E-state index is 0.0264. The maximum Gasteiger partial charge on any atom is 0.237 e. The fraction of sp³-hybridized carbons (Fsp3) is 0.917. The molecule has 5 heteroatoms. The van der Waals surface area contributed by atoms with Gasteiger partial charge in [-0.1, -0.05) is 6.42 Å². The van der Waals surface area contributed by atoms with Crippen molar-refractivity contribution >= 4 is 5.91 Å². The predicted molar refractivity (Wildman–Crippen MR) is 65.7 cm³/mol. The third kappa shape index (κ3) is 3.94. The second kappa shape index (κ2) is 6.33. The van der Waals surface area contributed by atoms with Crippen LogP contribution in [0.1, 0.15) is 25.7 Å². The molecule has 2 heterocycles. The van der Waals surface area contributed by atoms with Crippen LogP contribution in [0.2, 0.25) is 0 Å². The van der Waals surface area contributed by atoms with Gasteiger partial charge in [0.2, 0.25) is 5.91 Å². The van der Waals surface area contributed by atoms with E-state index in [-0.39, 0.29) is 18.1 Å². The zero-order valence-electron chi connectivity index (χ0n) is 10.3. The van der Waals surface area contributed by atoms with Crippen LogP contribution in [0.25, 0.3) is 0 Å². The second-order valence-corrected chi connectivity index (χ2v) is 5.04. The van der Waals surface area contributed by atoms with Gasteiger partial charge in [-0.25, -0.2) is 0 Å². The molecule has 0 radical (unpaired) electrons. The number of nitrogens with one attached hydrogen (secondary N) is 2. The van der Waals surface area contributed by atoms with Gasteiger partial charge in [-0.2, -0.15) is 0 Å². The van der Waals surface area contributed by atoms with E-state index in [4.69, 9.17) is 0 Å². The summed E-state index contributed by atoms with van der Waals surface area (Å²) >= 11 is 0. The lowest BCUT2D eigenvalue weighted by molar-refractivity contribution is -0.123. The first-order valence-electron chi connectivity index (χ1n) is 6.67. The van der Waals surface area contributed by atoms with E-state index in [2.05, 4.69) is 15.5 Å². The lowest BCUT2D eigenvalue weighted by atomic mass is 10.1. The summed E-state index contributed by atoms with van der Waals surface area (Å²) < 4.78 is 0. The third-order valence-electron chi connectivity index (χ3n) is 3.60. The van der Waals surface area contributed by atoms with Gasteiger partial charge in [0, 0.05) is 19.6 Å². The summed E-state index contributed by atoms with van der Waals surface area (Å²) in [6.45, 7) is 4.52. The molecule has 2 saturated heterocycles. The molecule has 2 aliphatic rings. The number of aliphatic hydroxyl groups is 1. The molecule has 0 saturated carbocycles. The molecule has 2 fully saturated rings. The Kier molecular flexibility index (Phi) is 4.76. The topological polar surface area (TPSA) is 64.6 Å². The number of piperidine rings is 1. The van der Waals surface area contributed by atoms with Gasteiger partial charge in [0.1, 0.15) is 0 Å². The van der Waals surface area contributed by atoms with Gasteiger partial charge >= 0.3 is 0 Å². The highest BCUT2D eigenvalue weighted by molar-refractivity contribution is 5.82. The molecule has 2 rings (SSSR count). The van der Waals surface area contributed by atoms with Crippen LogP contribution in [0.5, 0.6) is 0 Å². The van der Waals surface area contributed by atoms with Crippen LogP contribution in [-0.4, -0.2) is 60.8 Å². The number of nitrogens with zero attached hydrogens (tertiary/aromatic N) is 1. The summed E-state index contributed by atoms with van der Waals surface area (Å²) in [6, 6.07) is -0.202. The maximum absolute atomic E-state index is 11.7. The Morgan fingerprint density at radius 3 is 2.76 bits per heavy atom. The number of carbonyl (C=O) groups excluding carboxylic acids is 1. The number of amides is 1. The highest BCUT2D eigenvalue weighted by Crippen LogP contribution is 2.08. The summed E-state index contributed by atoms with van der Waals surface area (Å²) in [6.07, 6.45) is 4.07. The Bertz CT molecular complexity index is 254. The summed E-state index contributed by atoms with van der Waals surface area (Å²) in [5.41, 5.74) is 0. The molecule has 2 aliphatic heterocycles. The number of rotatable bonds is 4. The molecular formula is C12H23N3O2. The molecule has 1 amide bonds. The van der Waals surface area contributed by atoms with E-state index in [1.807, 2.05) is 0 Å². The first kappa shape index (κ1) is 12.8. The van der Waals surface area contributed by atoms with E-state index in [0.29, 0.717) is 19.5 Å². The predicted octanol–water partition coefficient (Wildman–Crippen LogP) is -0.689. The Morgan fingerprint density at radius 1 is 1.35 bits per heavy atom. The maximum atomic E-state index is 11.7. The van der Waals surface area contributed by atoms with E-state index >= 15 is 0 Å². The Balaban J connectivity index is 1.59. The molecule has 98 valence electrons. The van der Waals surface area contributed by atoms with Gasteiger partial charge in [-0.3, -0.25) is 4.79 Å². The van der Waals surface area contributed by atoms with E-state index in [9.17, 15) is 9.90 Å². The van der Waals surface area contributed by atoms with Crippen LogP contribution in [0.15, 0.2) is 0 Å². The molecule has 0 aromatic heterocycles. The van der Waals surface area contributed by atoms with Crippen molar-refractivity contribution < 1.29 is 9.90 Å². The van der Waals surface area contributed by atoms with Crippen molar-refractivity contribution in [2.75, 3.05) is 32.7 Å². The van der Waals surface area contributed by atoms with Crippen LogP contribution in [-0.2, 0) is 4.79 Å². The second-order valence-electron chi connectivity index (χ2n) is 5.04. The Hall–Kier alpha value is -0.650. The molecule has 5 nitrogen and oxygen atoms in total. The first-order valence-corrected chi connectivity index (χ1v) is 6.67. The Labute approximate surface area is 103 Å². The third-order valence-corrected chi connectivity index (χ3v) is 3.60. The van der Waals surface area contributed by atoms with Crippen LogP contribution in [0.3, 0.4) is 0 Å². The van der Waals surface area contributed by atoms with Crippen molar-refractivity contribution in [3.63, 3.8) is 0 Å². The molecule has 2 unspecified atom stereocenters. The summed E-state index contributed by atoms with van der Waals surface area (Å²) in [5.74, 6) is 0.0264. The average molecular weight is 241 g/mol. The lowest BCUT2D eigenvalue weighted by Gasteiger charge is -2.26. The van der Waals surface area contributed by atoms with Gasteiger partial charge in [0.25, 0.3) is 0 Å². The fourth-order valence-electron chi connectivity index (χ4n) is 2.56. The molecule has 17 heavy (non-hydrogen) atoms. The quantitative estimate of drug-likeness (QED) is 0.610. The normalized spacial score (nSPS) is 30.4. The monoisotopic (exact) mass is 241 g/mol. The molecule has 0 spiro atoms. The smallest absolute Gasteiger partial charge is 0.237 e. The van der Waals surface area contributed by atoms with Crippen molar-refractivity contribution in [2.45, 2.75) is 37.8 Å². The standard InChI is InChI=1S/C12H23N3O2/c16-10-8-11(14-9-10)12(17)13-4-7-15-5-2-1-3-6-15/h10-11,14,16H,1-9H2,(H,13,17). The van der Waals surface area contributed by atoms with Crippen molar-refractivity contribution in [1.82, 2.24) is 15.5 Å². The fourth-order valence-corrected chi connectivity index (χ4v) is 2.56. The molecule has 0 aromatic carbocycles. The van der Waals surface area contributed by atoms with Gasteiger partial charge < -0.3 is 20.6 Å². The van der Waals surface area contributed by atoms with Crippen molar-refractivity contribution in [1.29, 1.82) is 0 Å². The minimum Gasteiger partial charge on any atom is -0.392 e. The van der Waals surface area contributed by atoms with E-state index < -0.39 is 0 Å². The van der Waals surface area contributed by atoms with Gasteiger partial charge in [0.05, 0.1) is 12.1 Å². The number of β-amino-alcohol motifs (C(OH)–C–C–N with tert-alkyl or cyclic N) is 1. The molecule has 3 N–H and O–H groups in total. The van der Waals surface area contributed by atoms with Crippen molar-refractivity contribution in [3.8, 4) is 0 Å². The molecular weight excluding hydrogens is 218 g/mol. The van der Waals surface area contributed by atoms with E-state index in [0.717, 1.165) is 19.6 Å². The van der Waals surface area contributed by atoms with Crippen LogP contribution in [0, 0.1) is 0 Å². The number of likely N-dealkylation sites (tertiary alicyclic amines) is 1. The highest BCUT2D eigenvalue weighted by atomic mass is 16.3. The van der Waals surface area contributed by atoms with Crippen LogP contribution in [0.4, 0.5) is 0 Å². The molecule has 0 bridgehead atoms. The highest BCUT2D eigenvalue weighted by Gasteiger charge is 2.27. The number of carbonyl (C=O) groups is 1. The van der Waals surface area contributed by atoms with E-state index in [1.54, 1.807) is 0 Å². The SMILES string of the molecule is O=C(NCCN1CCCCC1)C1CC(O)CN1. The van der Waals surface area contributed by atoms with Crippen molar-refractivity contribution in [3.05, 3.63) is 0 Å². The number of hydrogen-bond acceptors (Lipinski definition) is 4. The van der Waals surface area contributed by atoms with Gasteiger partial charge in [-0.05, 0) is 32.4 Å². The molecule has 0 aromatic rings. The molecule has 0 aliphatic carbocycles. The Morgan fingerprint density at radius 2 is 2.12 bits per heavy atom. The van der Waals surface area contributed by atoms with Crippen molar-refractivity contribution in [2.24, 2.45) is 0 Å². The van der Waals surface area contributed by atoms with Gasteiger partial charge in [-0.15, -0.1) is 0 Å². The van der Waals surface area contributed by atoms with Crippen LogP contribution < -0.4 is 10.6 Å².